The van der Waals surface area contributed by atoms with Gasteiger partial charge in [-0.1, -0.05) is 6.92 Å². The van der Waals surface area contributed by atoms with Crippen molar-refractivity contribution >= 4 is 23.3 Å². The monoisotopic (exact) mass is 345 g/mol. The molecule has 0 radical (unpaired) electrons. The molecule has 1 aromatic carbocycles. The number of anilines is 2. The van der Waals surface area contributed by atoms with Gasteiger partial charge >= 0.3 is 5.97 Å². The number of hydrogen-bond donors (Lipinski definition) is 2. The van der Waals surface area contributed by atoms with Crippen molar-refractivity contribution in [2.45, 2.75) is 34.1 Å². The van der Waals surface area contributed by atoms with Gasteiger partial charge in [0.2, 0.25) is 5.91 Å². The maximum Gasteiger partial charge on any atom is 0.350 e. The Morgan fingerprint density at radius 2 is 1.88 bits per heavy atom. The molecule has 0 aliphatic carbocycles. The number of allylic oxidation sites excluding steroid dienone is 1. The average Bonchev–Trinajstić information content (AvgIpc) is 2.57. The number of nitriles is 1. The van der Waals surface area contributed by atoms with Gasteiger partial charge in [0.05, 0.1) is 18.9 Å². The molecule has 2 N–H and O–H groups in total. The summed E-state index contributed by atoms with van der Waals surface area (Å²) in [6.07, 6.45) is 0.444. The smallest absolute Gasteiger partial charge is 0.350 e. The van der Waals surface area contributed by atoms with Crippen LogP contribution in [0.4, 0.5) is 11.4 Å². The van der Waals surface area contributed by atoms with Crippen LogP contribution in [0.1, 0.15) is 34.1 Å². The van der Waals surface area contributed by atoms with Crippen LogP contribution >= 0.6 is 0 Å². The van der Waals surface area contributed by atoms with Gasteiger partial charge < -0.3 is 20.1 Å². The maximum atomic E-state index is 11.9. The van der Waals surface area contributed by atoms with E-state index in [2.05, 4.69) is 10.6 Å². The van der Waals surface area contributed by atoms with Crippen LogP contribution in [0.3, 0.4) is 0 Å². The third-order valence-electron chi connectivity index (χ3n) is 3.13. The topological polar surface area (TPSA) is 100 Å². The first kappa shape index (κ1) is 20.0. The van der Waals surface area contributed by atoms with Gasteiger partial charge in [-0.3, -0.25) is 4.79 Å². The van der Waals surface area contributed by atoms with E-state index in [-0.39, 0.29) is 18.1 Å². The Hall–Kier alpha value is -3.01. The second-order valence-electron chi connectivity index (χ2n) is 4.99. The minimum atomic E-state index is -0.658. The summed E-state index contributed by atoms with van der Waals surface area (Å²) in [4.78, 5) is 23.2. The van der Waals surface area contributed by atoms with E-state index in [1.807, 2.05) is 19.9 Å². The van der Waals surface area contributed by atoms with Crippen molar-refractivity contribution in [3.63, 3.8) is 0 Å². The van der Waals surface area contributed by atoms with Crippen molar-refractivity contribution < 1.29 is 19.1 Å². The number of ether oxygens (including phenoxy) is 2. The van der Waals surface area contributed by atoms with Crippen molar-refractivity contribution in [3.8, 4) is 11.8 Å². The quantitative estimate of drug-likeness (QED) is 0.426. The summed E-state index contributed by atoms with van der Waals surface area (Å²) in [7, 11) is 0. The molecule has 134 valence electrons. The van der Waals surface area contributed by atoms with Crippen LogP contribution in [-0.4, -0.2) is 25.1 Å². The van der Waals surface area contributed by atoms with E-state index < -0.39 is 5.97 Å². The number of hydrogen-bond acceptors (Lipinski definition) is 6. The molecule has 0 aromatic heterocycles. The summed E-state index contributed by atoms with van der Waals surface area (Å²) < 4.78 is 10.4. The van der Waals surface area contributed by atoms with Crippen LogP contribution in [0.2, 0.25) is 0 Å². The second kappa shape index (κ2) is 9.98. The molecule has 0 spiro atoms. The molecule has 1 amide bonds. The summed E-state index contributed by atoms with van der Waals surface area (Å²) in [5.74, 6) is -0.369. The highest BCUT2D eigenvalue weighted by Gasteiger charge is 2.16. The van der Waals surface area contributed by atoms with E-state index in [4.69, 9.17) is 9.47 Å². The van der Waals surface area contributed by atoms with Gasteiger partial charge in [0, 0.05) is 24.4 Å². The fraction of sp³-hybridized carbons (Fsp3) is 0.389. The van der Waals surface area contributed by atoms with Crippen LogP contribution in [-0.2, 0) is 14.3 Å². The number of amides is 1. The highest BCUT2D eigenvalue weighted by molar-refractivity contribution is 5.94. The van der Waals surface area contributed by atoms with Crippen molar-refractivity contribution in [1.29, 1.82) is 5.26 Å². The van der Waals surface area contributed by atoms with E-state index >= 15 is 0 Å². The summed E-state index contributed by atoms with van der Waals surface area (Å²) in [6.45, 7) is 7.39. The van der Waals surface area contributed by atoms with Gasteiger partial charge in [0.15, 0.2) is 5.57 Å². The predicted octanol–water partition coefficient (Wildman–Crippen LogP) is 3.21. The van der Waals surface area contributed by atoms with Crippen LogP contribution in [0, 0.1) is 11.3 Å². The lowest BCUT2D eigenvalue weighted by molar-refractivity contribution is -0.138. The Balaban J connectivity index is 3.18. The minimum Gasteiger partial charge on any atom is -0.492 e. The second-order valence-corrected chi connectivity index (χ2v) is 4.99. The summed E-state index contributed by atoms with van der Waals surface area (Å²) in [6, 6.07) is 7.01. The lowest BCUT2D eigenvalue weighted by Crippen LogP contribution is -2.13. The van der Waals surface area contributed by atoms with Crippen LogP contribution in [0.15, 0.2) is 29.5 Å². The third kappa shape index (κ3) is 5.84. The first-order valence-corrected chi connectivity index (χ1v) is 8.08. The van der Waals surface area contributed by atoms with Crippen molar-refractivity contribution in [3.05, 3.63) is 29.5 Å². The van der Waals surface area contributed by atoms with Gasteiger partial charge in [-0.15, -0.1) is 0 Å². The first-order valence-electron chi connectivity index (χ1n) is 8.08. The van der Waals surface area contributed by atoms with Gasteiger partial charge in [-0.2, -0.15) is 5.26 Å². The zero-order valence-corrected chi connectivity index (χ0v) is 14.9. The number of esters is 1. The molecule has 7 heteroatoms. The highest BCUT2D eigenvalue weighted by Crippen LogP contribution is 2.29. The SMILES string of the molecule is CCOC(=O)/C(C#N)=C(/CC)Nc1ccc(NC(C)=O)c(OCC)c1. The Kier molecular flexibility index (Phi) is 8.00. The third-order valence-corrected chi connectivity index (χ3v) is 3.13. The van der Waals surface area contributed by atoms with Gasteiger partial charge in [-0.05, 0) is 32.4 Å². The average molecular weight is 345 g/mol. The molecule has 0 bridgehead atoms. The van der Waals surface area contributed by atoms with Gasteiger partial charge in [-0.25, -0.2) is 4.79 Å². The molecule has 1 rings (SSSR count). The standard InChI is InChI=1S/C18H23N3O4/c1-5-15(14(11-19)18(23)25-7-3)21-13-8-9-16(20-12(4)22)17(10-13)24-6-2/h8-10,21H,5-7H2,1-4H3,(H,20,22)/b15-14-. The Morgan fingerprint density at radius 3 is 2.40 bits per heavy atom. The number of rotatable bonds is 8. The summed E-state index contributed by atoms with van der Waals surface area (Å²) in [5, 5.41) is 15.0. The first-order chi connectivity index (χ1) is 12.0. The lowest BCUT2D eigenvalue weighted by Gasteiger charge is -2.15. The number of benzene rings is 1. The molecule has 0 unspecified atom stereocenters. The maximum absolute atomic E-state index is 11.9. The minimum absolute atomic E-state index is 0.0618. The van der Waals surface area contributed by atoms with Crippen molar-refractivity contribution in [2.24, 2.45) is 0 Å². The molecule has 0 aliphatic rings. The molecule has 0 aliphatic heterocycles. The molecule has 25 heavy (non-hydrogen) atoms. The zero-order valence-electron chi connectivity index (χ0n) is 14.9. The van der Waals surface area contributed by atoms with Crippen molar-refractivity contribution in [2.75, 3.05) is 23.8 Å². The number of nitrogens with zero attached hydrogens (tertiary/aromatic N) is 1. The molecule has 0 saturated carbocycles. The summed E-state index contributed by atoms with van der Waals surface area (Å²) >= 11 is 0. The summed E-state index contributed by atoms with van der Waals surface area (Å²) in [5.41, 5.74) is 1.57. The lowest BCUT2D eigenvalue weighted by atomic mass is 10.1. The molecular weight excluding hydrogens is 322 g/mol. The van der Waals surface area contributed by atoms with Gasteiger partial charge in [0.25, 0.3) is 0 Å². The van der Waals surface area contributed by atoms with Crippen LogP contribution < -0.4 is 15.4 Å². The molecule has 0 atom stereocenters. The largest absolute Gasteiger partial charge is 0.492 e. The molecular formula is C18H23N3O4. The van der Waals surface area contributed by atoms with E-state index in [0.717, 1.165) is 0 Å². The number of nitrogens with one attached hydrogen (secondary N) is 2. The zero-order chi connectivity index (χ0) is 18.8. The highest BCUT2D eigenvalue weighted by atomic mass is 16.5. The van der Waals surface area contributed by atoms with E-state index in [1.165, 1.54) is 6.92 Å². The van der Waals surface area contributed by atoms with Crippen molar-refractivity contribution in [1.82, 2.24) is 0 Å². The predicted molar refractivity (Wildman–Crippen MR) is 95.1 cm³/mol. The number of carbonyl (C=O) groups is 2. The molecule has 0 saturated heterocycles. The molecule has 0 heterocycles. The fourth-order valence-corrected chi connectivity index (χ4v) is 2.11. The Bertz CT molecular complexity index is 705. The molecule has 7 nitrogen and oxygen atoms in total. The number of carbonyl (C=O) groups excluding carboxylic acids is 2. The fourth-order valence-electron chi connectivity index (χ4n) is 2.11. The van der Waals surface area contributed by atoms with E-state index in [0.29, 0.717) is 35.8 Å². The Labute approximate surface area is 147 Å². The molecule has 1 aromatic rings. The van der Waals surface area contributed by atoms with Crippen LogP contribution in [0.25, 0.3) is 0 Å². The van der Waals surface area contributed by atoms with Gasteiger partial charge in [0.1, 0.15) is 11.8 Å². The van der Waals surface area contributed by atoms with Crippen LogP contribution in [0.5, 0.6) is 5.75 Å². The normalized spacial score (nSPS) is 11.0. The Morgan fingerprint density at radius 1 is 1.16 bits per heavy atom. The molecule has 0 fully saturated rings. The van der Waals surface area contributed by atoms with E-state index in [1.54, 1.807) is 25.1 Å². The van der Waals surface area contributed by atoms with E-state index in [9.17, 15) is 14.9 Å².